The molecule has 0 aliphatic carbocycles. The Kier molecular flexibility index (Phi) is 7.94. The average Bonchev–Trinajstić information content (AvgIpc) is 3.30. The number of carbonyl (C=O) groups is 1. The predicted octanol–water partition coefficient (Wildman–Crippen LogP) is 4.54. The highest BCUT2D eigenvalue weighted by molar-refractivity contribution is 5.78. The van der Waals surface area contributed by atoms with Crippen LogP contribution in [-0.4, -0.2) is 45.4 Å². The topological polar surface area (TPSA) is 92.3 Å². The molecule has 3 aromatic rings. The molecule has 4 rings (SSSR count). The van der Waals surface area contributed by atoms with Gasteiger partial charge in [0.25, 0.3) is 0 Å². The van der Waals surface area contributed by atoms with E-state index >= 15 is 0 Å². The summed E-state index contributed by atoms with van der Waals surface area (Å²) in [5, 5.41) is 5.60. The third-order valence-corrected chi connectivity index (χ3v) is 5.38. The molecule has 14 heteroatoms. The Balaban J connectivity index is 1.54. The zero-order chi connectivity index (χ0) is 26.5. The van der Waals surface area contributed by atoms with Gasteiger partial charge >= 0.3 is 6.01 Å². The van der Waals surface area contributed by atoms with Gasteiger partial charge in [-0.2, -0.15) is 23.7 Å². The number of amides is 1. The van der Waals surface area contributed by atoms with Gasteiger partial charge in [-0.15, -0.1) is 0 Å². The number of hydrogen-bond donors (Lipinski definition) is 2. The number of ether oxygens (including phenoxy) is 1. The summed E-state index contributed by atoms with van der Waals surface area (Å²) < 4.78 is 87.1. The lowest BCUT2D eigenvalue weighted by Crippen LogP contribution is -2.27. The summed E-state index contributed by atoms with van der Waals surface area (Å²) in [6.45, 7) is 1.45. The minimum atomic E-state index is -2.34. The standard InChI is InChI=1S/C23H20F6N6O2/c24-13-5-1-4-12(10-13)11-31-22-32-21(30-7-3-9-35-8-2-6-14(35)36)33-23(34-22)37-20-18(28)16(26)15(25)17(27)19(20)29/h1,4-5,10H,2-3,6-9,11H2,(H2,30,31,32,33,34). The van der Waals surface area contributed by atoms with Crippen LogP contribution in [0, 0.1) is 34.9 Å². The number of likely N-dealkylation sites (tertiary alicyclic amines) is 1. The van der Waals surface area contributed by atoms with Crippen molar-refractivity contribution >= 4 is 17.8 Å². The largest absolute Gasteiger partial charge is 0.418 e. The molecular weight excluding hydrogens is 506 g/mol. The van der Waals surface area contributed by atoms with E-state index in [9.17, 15) is 31.1 Å². The number of hydrogen-bond acceptors (Lipinski definition) is 7. The molecule has 8 nitrogen and oxygen atoms in total. The highest BCUT2D eigenvalue weighted by atomic mass is 19.2. The number of nitrogens with one attached hydrogen (secondary N) is 2. The second-order valence-corrected chi connectivity index (χ2v) is 8.01. The first-order chi connectivity index (χ1) is 17.7. The summed E-state index contributed by atoms with van der Waals surface area (Å²) in [7, 11) is 0. The number of carbonyl (C=O) groups excluding carboxylic acids is 1. The van der Waals surface area contributed by atoms with E-state index in [0.717, 1.165) is 6.42 Å². The van der Waals surface area contributed by atoms with Crippen LogP contribution in [0.1, 0.15) is 24.8 Å². The molecule has 1 aliphatic rings. The van der Waals surface area contributed by atoms with E-state index in [1.165, 1.54) is 18.2 Å². The number of anilines is 2. The van der Waals surface area contributed by atoms with E-state index in [4.69, 9.17) is 4.74 Å². The quantitative estimate of drug-likeness (QED) is 0.174. The molecule has 1 fully saturated rings. The molecule has 0 spiro atoms. The molecule has 2 heterocycles. The van der Waals surface area contributed by atoms with Crippen molar-refractivity contribution in [3.8, 4) is 11.8 Å². The third kappa shape index (κ3) is 6.19. The summed E-state index contributed by atoms with van der Waals surface area (Å²) in [6, 6.07) is 4.83. The minimum Gasteiger partial charge on any atom is -0.418 e. The van der Waals surface area contributed by atoms with E-state index in [-0.39, 0.29) is 30.9 Å². The van der Waals surface area contributed by atoms with Crippen molar-refractivity contribution in [3.05, 3.63) is 64.7 Å². The van der Waals surface area contributed by atoms with Gasteiger partial charge in [-0.05, 0) is 30.5 Å². The van der Waals surface area contributed by atoms with Crippen molar-refractivity contribution in [1.82, 2.24) is 19.9 Å². The Labute approximate surface area is 206 Å². The van der Waals surface area contributed by atoms with E-state index in [1.54, 1.807) is 11.0 Å². The van der Waals surface area contributed by atoms with Crippen LogP contribution in [0.5, 0.6) is 11.8 Å². The smallest absolute Gasteiger partial charge is 0.328 e. The van der Waals surface area contributed by atoms with Crippen LogP contribution in [0.15, 0.2) is 24.3 Å². The van der Waals surface area contributed by atoms with Crippen molar-refractivity contribution in [1.29, 1.82) is 0 Å². The van der Waals surface area contributed by atoms with E-state index in [0.29, 0.717) is 31.5 Å². The molecule has 1 amide bonds. The number of rotatable bonds is 10. The monoisotopic (exact) mass is 526 g/mol. The van der Waals surface area contributed by atoms with Crippen LogP contribution in [0.2, 0.25) is 0 Å². The summed E-state index contributed by atoms with van der Waals surface area (Å²) in [4.78, 5) is 25.2. The van der Waals surface area contributed by atoms with Gasteiger partial charge in [0, 0.05) is 32.6 Å². The van der Waals surface area contributed by atoms with Gasteiger partial charge in [-0.1, -0.05) is 12.1 Å². The zero-order valence-electron chi connectivity index (χ0n) is 19.1. The number of halogens is 6. The highest BCUT2D eigenvalue weighted by Crippen LogP contribution is 2.32. The molecule has 0 radical (unpaired) electrons. The van der Waals surface area contributed by atoms with Gasteiger partial charge in [-0.25, -0.2) is 17.6 Å². The van der Waals surface area contributed by atoms with Gasteiger partial charge in [0.2, 0.25) is 52.6 Å². The van der Waals surface area contributed by atoms with Crippen molar-refractivity contribution in [2.24, 2.45) is 0 Å². The van der Waals surface area contributed by atoms with Gasteiger partial charge in [0.1, 0.15) is 5.82 Å². The molecular formula is C23H20F6N6O2. The summed E-state index contributed by atoms with van der Waals surface area (Å²) >= 11 is 0. The Morgan fingerprint density at radius 1 is 0.892 bits per heavy atom. The van der Waals surface area contributed by atoms with Crippen molar-refractivity contribution in [3.63, 3.8) is 0 Å². The van der Waals surface area contributed by atoms with E-state index in [1.807, 2.05) is 0 Å². The third-order valence-electron chi connectivity index (χ3n) is 5.38. The number of aromatic nitrogens is 3. The molecule has 37 heavy (non-hydrogen) atoms. The molecule has 0 atom stereocenters. The van der Waals surface area contributed by atoms with Crippen molar-refractivity contribution in [2.45, 2.75) is 25.8 Å². The Hall–Kier alpha value is -4.10. The molecule has 1 saturated heterocycles. The predicted molar refractivity (Wildman–Crippen MR) is 119 cm³/mol. The second kappa shape index (κ2) is 11.3. The maximum atomic E-state index is 14.1. The molecule has 2 N–H and O–H groups in total. The van der Waals surface area contributed by atoms with Crippen LogP contribution in [0.4, 0.5) is 38.2 Å². The molecule has 1 aromatic heterocycles. The van der Waals surface area contributed by atoms with Gasteiger partial charge in [-0.3, -0.25) is 4.79 Å². The zero-order valence-corrected chi connectivity index (χ0v) is 19.1. The highest BCUT2D eigenvalue weighted by Gasteiger charge is 2.28. The van der Waals surface area contributed by atoms with Crippen LogP contribution in [0.3, 0.4) is 0 Å². The Bertz CT molecular complexity index is 1280. The Morgan fingerprint density at radius 3 is 2.22 bits per heavy atom. The summed E-state index contributed by atoms with van der Waals surface area (Å²) in [5.74, 6) is -13.5. The van der Waals surface area contributed by atoms with Gasteiger partial charge in [0.15, 0.2) is 0 Å². The fourth-order valence-electron chi connectivity index (χ4n) is 3.56. The molecule has 0 bridgehead atoms. The molecule has 2 aromatic carbocycles. The Morgan fingerprint density at radius 2 is 1.57 bits per heavy atom. The lowest BCUT2D eigenvalue weighted by Gasteiger charge is -2.15. The van der Waals surface area contributed by atoms with Crippen LogP contribution in [-0.2, 0) is 11.3 Å². The first-order valence-corrected chi connectivity index (χ1v) is 11.2. The van der Waals surface area contributed by atoms with E-state index < -0.39 is 46.7 Å². The van der Waals surface area contributed by atoms with Crippen molar-refractivity contribution in [2.75, 3.05) is 30.3 Å². The van der Waals surface area contributed by atoms with Crippen LogP contribution < -0.4 is 15.4 Å². The SMILES string of the molecule is O=C1CCCN1CCCNc1nc(NCc2cccc(F)c2)nc(Oc2c(F)c(F)c(F)c(F)c2F)n1. The summed E-state index contributed by atoms with van der Waals surface area (Å²) in [6.07, 6.45) is 1.80. The summed E-state index contributed by atoms with van der Waals surface area (Å²) in [5.41, 5.74) is 0.507. The first-order valence-electron chi connectivity index (χ1n) is 11.2. The minimum absolute atomic E-state index is 0.0280. The average molecular weight is 526 g/mol. The second-order valence-electron chi connectivity index (χ2n) is 8.01. The molecule has 196 valence electrons. The van der Waals surface area contributed by atoms with Crippen molar-refractivity contribution < 1.29 is 35.9 Å². The maximum absolute atomic E-state index is 14.1. The first kappa shape index (κ1) is 26.0. The normalized spacial score (nSPS) is 13.2. The van der Waals surface area contributed by atoms with Gasteiger partial charge in [0.05, 0.1) is 0 Å². The lowest BCUT2D eigenvalue weighted by molar-refractivity contribution is -0.127. The molecule has 0 saturated carbocycles. The lowest BCUT2D eigenvalue weighted by atomic mass is 10.2. The van der Waals surface area contributed by atoms with Gasteiger partial charge < -0.3 is 20.3 Å². The number of nitrogens with zero attached hydrogens (tertiary/aromatic N) is 4. The van der Waals surface area contributed by atoms with Crippen LogP contribution in [0.25, 0.3) is 0 Å². The fourth-order valence-corrected chi connectivity index (χ4v) is 3.56. The number of benzene rings is 2. The fraction of sp³-hybridized carbons (Fsp3) is 0.304. The van der Waals surface area contributed by atoms with E-state index in [2.05, 4.69) is 25.6 Å². The maximum Gasteiger partial charge on any atom is 0.328 e. The molecule has 1 aliphatic heterocycles. The molecule has 0 unspecified atom stereocenters. The van der Waals surface area contributed by atoms with Crippen LogP contribution >= 0.6 is 0 Å².